The van der Waals surface area contributed by atoms with Crippen molar-refractivity contribution in [3.8, 4) is 5.75 Å². The van der Waals surface area contributed by atoms with Crippen LogP contribution < -0.4 is 20.7 Å². The van der Waals surface area contributed by atoms with Crippen molar-refractivity contribution in [3.05, 3.63) is 24.3 Å². The molecule has 0 aliphatic carbocycles. The average Bonchev–Trinajstić information content (AvgIpc) is 2.97. The first-order valence-electron chi connectivity index (χ1n) is 7.26. The summed E-state index contributed by atoms with van der Waals surface area (Å²) >= 11 is 0. The number of amides is 2. The van der Waals surface area contributed by atoms with Crippen LogP contribution in [0.3, 0.4) is 0 Å². The van der Waals surface area contributed by atoms with Crippen molar-refractivity contribution >= 4 is 17.5 Å². The van der Waals surface area contributed by atoms with E-state index in [0.29, 0.717) is 12.2 Å². The third-order valence-corrected chi connectivity index (χ3v) is 3.39. The number of nitrogens with two attached hydrogens (primary N) is 1. The zero-order chi connectivity index (χ0) is 15.9. The fourth-order valence-electron chi connectivity index (χ4n) is 2.15. The van der Waals surface area contributed by atoms with Crippen LogP contribution in [0, 0.1) is 0 Å². The minimum Gasteiger partial charge on any atom is -0.484 e. The van der Waals surface area contributed by atoms with E-state index in [0.717, 1.165) is 18.7 Å². The summed E-state index contributed by atoms with van der Waals surface area (Å²) < 4.78 is 5.36. The van der Waals surface area contributed by atoms with Crippen LogP contribution in [0.1, 0.15) is 12.8 Å². The molecule has 1 aliphatic heterocycles. The van der Waals surface area contributed by atoms with Crippen molar-refractivity contribution in [1.82, 2.24) is 5.32 Å². The minimum absolute atomic E-state index is 0.125. The third-order valence-electron chi connectivity index (χ3n) is 3.39. The molecule has 1 unspecified atom stereocenters. The molecule has 2 amide bonds. The third kappa shape index (κ3) is 4.44. The van der Waals surface area contributed by atoms with Crippen molar-refractivity contribution < 1.29 is 19.4 Å². The predicted octanol–water partition coefficient (Wildman–Crippen LogP) is -0.372. The summed E-state index contributed by atoms with van der Waals surface area (Å²) in [5.41, 5.74) is 6.32. The van der Waals surface area contributed by atoms with E-state index in [4.69, 9.17) is 15.6 Å². The van der Waals surface area contributed by atoms with E-state index in [2.05, 4.69) is 5.32 Å². The molecular formula is C15H21N3O4. The number of ether oxygens (including phenoxy) is 1. The van der Waals surface area contributed by atoms with Crippen LogP contribution in [0.15, 0.2) is 24.3 Å². The average molecular weight is 307 g/mol. The number of carbonyl (C=O) groups is 2. The number of hydrogen-bond acceptors (Lipinski definition) is 5. The molecule has 7 heteroatoms. The van der Waals surface area contributed by atoms with Gasteiger partial charge >= 0.3 is 0 Å². The molecule has 0 saturated carbocycles. The second kappa shape index (κ2) is 7.77. The van der Waals surface area contributed by atoms with E-state index >= 15 is 0 Å². The zero-order valence-corrected chi connectivity index (χ0v) is 12.3. The molecule has 4 N–H and O–H groups in total. The highest BCUT2D eigenvalue weighted by molar-refractivity contribution is 5.95. The van der Waals surface area contributed by atoms with E-state index in [1.165, 1.54) is 0 Å². The summed E-state index contributed by atoms with van der Waals surface area (Å²) in [5, 5.41) is 11.3. The van der Waals surface area contributed by atoms with Gasteiger partial charge in [-0.25, -0.2) is 0 Å². The summed E-state index contributed by atoms with van der Waals surface area (Å²) in [6.07, 6.45) is 1.47. The lowest BCUT2D eigenvalue weighted by atomic mass is 10.3. The van der Waals surface area contributed by atoms with Gasteiger partial charge in [0.25, 0.3) is 5.91 Å². The zero-order valence-electron chi connectivity index (χ0n) is 12.3. The Morgan fingerprint density at radius 1 is 1.41 bits per heavy atom. The summed E-state index contributed by atoms with van der Waals surface area (Å²) in [5.74, 6) is 0.382. The molecule has 1 atom stereocenters. The fourth-order valence-corrected chi connectivity index (χ4v) is 2.15. The molecule has 0 radical (unpaired) electrons. The largest absolute Gasteiger partial charge is 0.484 e. The van der Waals surface area contributed by atoms with Gasteiger partial charge in [-0.15, -0.1) is 0 Å². The van der Waals surface area contributed by atoms with Gasteiger partial charge in [0, 0.05) is 31.2 Å². The number of carbonyl (C=O) groups excluding carboxylic acids is 2. The highest BCUT2D eigenvalue weighted by Crippen LogP contribution is 2.23. The number of anilines is 1. The van der Waals surface area contributed by atoms with Crippen LogP contribution in [-0.4, -0.2) is 49.3 Å². The maximum absolute atomic E-state index is 11.6. The molecule has 2 rings (SSSR count). The van der Waals surface area contributed by atoms with Crippen molar-refractivity contribution in [2.45, 2.75) is 18.9 Å². The normalized spacial score (nSPS) is 15.7. The number of aliphatic hydroxyl groups is 1. The lowest BCUT2D eigenvalue weighted by Gasteiger charge is -2.16. The van der Waals surface area contributed by atoms with Crippen LogP contribution in [0.4, 0.5) is 5.69 Å². The SMILES string of the molecule is NC(CO)CNC(=O)COc1ccc(N2CCCC2=O)cc1. The second-order valence-corrected chi connectivity index (χ2v) is 5.18. The van der Waals surface area contributed by atoms with E-state index in [1.54, 1.807) is 29.2 Å². The van der Waals surface area contributed by atoms with E-state index < -0.39 is 6.04 Å². The highest BCUT2D eigenvalue weighted by atomic mass is 16.5. The molecular weight excluding hydrogens is 286 g/mol. The Balaban J connectivity index is 1.79. The highest BCUT2D eigenvalue weighted by Gasteiger charge is 2.21. The molecule has 0 aromatic heterocycles. The Morgan fingerprint density at radius 2 is 2.14 bits per heavy atom. The summed E-state index contributed by atoms with van der Waals surface area (Å²) in [4.78, 5) is 24.9. The van der Waals surface area contributed by atoms with Gasteiger partial charge in [0.05, 0.1) is 6.61 Å². The van der Waals surface area contributed by atoms with Gasteiger partial charge in [-0.3, -0.25) is 9.59 Å². The number of aliphatic hydroxyl groups excluding tert-OH is 1. The minimum atomic E-state index is -0.471. The fraction of sp³-hybridized carbons (Fsp3) is 0.467. The van der Waals surface area contributed by atoms with Gasteiger partial charge < -0.3 is 25.8 Å². The number of hydrogen-bond donors (Lipinski definition) is 3. The maximum atomic E-state index is 11.6. The lowest BCUT2D eigenvalue weighted by Crippen LogP contribution is -2.41. The molecule has 1 fully saturated rings. The monoisotopic (exact) mass is 307 g/mol. The molecule has 22 heavy (non-hydrogen) atoms. The van der Waals surface area contributed by atoms with Crippen LogP contribution in [-0.2, 0) is 9.59 Å². The summed E-state index contributed by atoms with van der Waals surface area (Å²) in [7, 11) is 0. The number of nitrogens with one attached hydrogen (secondary N) is 1. The number of rotatable bonds is 7. The topological polar surface area (TPSA) is 105 Å². The quantitative estimate of drug-likeness (QED) is 0.637. The molecule has 0 spiro atoms. The van der Waals surface area contributed by atoms with E-state index in [9.17, 15) is 9.59 Å². The van der Waals surface area contributed by atoms with Crippen LogP contribution >= 0.6 is 0 Å². The van der Waals surface area contributed by atoms with Gasteiger partial charge in [-0.2, -0.15) is 0 Å². The number of nitrogens with zero attached hydrogens (tertiary/aromatic N) is 1. The smallest absolute Gasteiger partial charge is 0.257 e. The Labute approximate surface area is 129 Å². The van der Waals surface area contributed by atoms with E-state index in [-0.39, 0.29) is 31.6 Å². The predicted molar refractivity (Wildman–Crippen MR) is 81.6 cm³/mol. The Kier molecular flexibility index (Phi) is 5.74. The van der Waals surface area contributed by atoms with Crippen molar-refractivity contribution in [1.29, 1.82) is 0 Å². The molecule has 7 nitrogen and oxygen atoms in total. The standard InChI is InChI=1S/C15H21N3O4/c16-11(9-19)8-17-14(20)10-22-13-5-3-12(4-6-13)18-7-1-2-15(18)21/h3-6,11,19H,1-2,7-10,16H2,(H,17,20). The van der Waals surface area contributed by atoms with Gasteiger partial charge in [-0.1, -0.05) is 0 Å². The van der Waals surface area contributed by atoms with Crippen LogP contribution in [0.25, 0.3) is 0 Å². The first kappa shape index (κ1) is 16.3. The Morgan fingerprint density at radius 3 is 2.73 bits per heavy atom. The maximum Gasteiger partial charge on any atom is 0.257 e. The van der Waals surface area contributed by atoms with Gasteiger partial charge in [0.15, 0.2) is 6.61 Å². The van der Waals surface area contributed by atoms with Gasteiger partial charge in [0.2, 0.25) is 5.91 Å². The molecule has 1 saturated heterocycles. The first-order valence-corrected chi connectivity index (χ1v) is 7.26. The van der Waals surface area contributed by atoms with Gasteiger partial charge in [0.1, 0.15) is 5.75 Å². The molecule has 0 bridgehead atoms. The lowest BCUT2D eigenvalue weighted by molar-refractivity contribution is -0.123. The molecule has 1 aliphatic rings. The molecule has 1 heterocycles. The Bertz CT molecular complexity index is 518. The van der Waals surface area contributed by atoms with E-state index in [1.807, 2.05) is 0 Å². The second-order valence-electron chi connectivity index (χ2n) is 5.18. The molecule has 1 aromatic carbocycles. The van der Waals surface area contributed by atoms with Crippen molar-refractivity contribution in [2.75, 3.05) is 31.2 Å². The Hall–Kier alpha value is -2.12. The van der Waals surface area contributed by atoms with Crippen LogP contribution in [0.2, 0.25) is 0 Å². The van der Waals surface area contributed by atoms with Gasteiger partial charge in [-0.05, 0) is 30.7 Å². The number of benzene rings is 1. The van der Waals surface area contributed by atoms with Crippen molar-refractivity contribution in [3.63, 3.8) is 0 Å². The summed E-state index contributed by atoms with van der Waals surface area (Å²) in [6.45, 7) is 0.638. The molecule has 120 valence electrons. The molecule has 1 aromatic rings. The van der Waals surface area contributed by atoms with Crippen molar-refractivity contribution in [2.24, 2.45) is 5.73 Å². The first-order chi connectivity index (χ1) is 10.6. The summed E-state index contributed by atoms with van der Waals surface area (Å²) in [6, 6.07) is 6.60. The van der Waals surface area contributed by atoms with Crippen LogP contribution in [0.5, 0.6) is 5.75 Å².